The maximum Gasteiger partial charge on any atom is 0.243 e. The van der Waals surface area contributed by atoms with Crippen molar-refractivity contribution < 1.29 is 18.3 Å². The van der Waals surface area contributed by atoms with E-state index in [1.54, 1.807) is 0 Å². The highest BCUT2D eigenvalue weighted by molar-refractivity contribution is 7.89. The molecule has 1 heterocycles. The lowest BCUT2D eigenvalue weighted by atomic mass is 10.0. The van der Waals surface area contributed by atoms with Crippen LogP contribution < -0.4 is 10.5 Å². The molecule has 7 heteroatoms. The van der Waals surface area contributed by atoms with E-state index in [2.05, 4.69) is 0 Å². The van der Waals surface area contributed by atoms with Crippen LogP contribution >= 0.6 is 0 Å². The number of rotatable bonds is 4. The van der Waals surface area contributed by atoms with Gasteiger partial charge in [0.1, 0.15) is 5.75 Å². The Balaban J connectivity index is 2.40. The molecule has 2 atom stereocenters. The minimum Gasteiger partial charge on any atom is -0.495 e. The van der Waals surface area contributed by atoms with Gasteiger partial charge in [0.05, 0.1) is 30.3 Å². The van der Waals surface area contributed by atoms with Gasteiger partial charge in [-0.25, -0.2) is 8.42 Å². The third kappa shape index (κ3) is 2.48. The molecule has 1 aromatic carbocycles. The maximum atomic E-state index is 12.6. The monoisotopic (exact) mass is 300 g/mol. The molecule has 1 aliphatic heterocycles. The van der Waals surface area contributed by atoms with Gasteiger partial charge >= 0.3 is 0 Å². The highest BCUT2D eigenvalue weighted by Gasteiger charge is 2.39. The zero-order chi connectivity index (χ0) is 14.9. The van der Waals surface area contributed by atoms with Gasteiger partial charge in [-0.2, -0.15) is 4.31 Å². The van der Waals surface area contributed by atoms with Crippen LogP contribution in [0.4, 0.5) is 5.69 Å². The Morgan fingerprint density at radius 1 is 1.50 bits per heavy atom. The summed E-state index contributed by atoms with van der Waals surface area (Å²) in [6.07, 6.45) is 0.747. The second kappa shape index (κ2) is 5.59. The molecule has 1 aliphatic rings. The summed E-state index contributed by atoms with van der Waals surface area (Å²) in [6, 6.07) is 4.02. The van der Waals surface area contributed by atoms with Crippen molar-refractivity contribution in [2.75, 3.05) is 26.0 Å². The number of anilines is 1. The van der Waals surface area contributed by atoms with Gasteiger partial charge in [-0.15, -0.1) is 0 Å². The van der Waals surface area contributed by atoms with E-state index in [9.17, 15) is 13.5 Å². The molecule has 2 rings (SSSR count). The predicted molar refractivity (Wildman–Crippen MR) is 76.0 cm³/mol. The van der Waals surface area contributed by atoms with Crippen LogP contribution in [0.25, 0.3) is 0 Å². The molecular weight excluding hydrogens is 280 g/mol. The molecule has 0 radical (unpaired) electrons. The first-order valence-corrected chi connectivity index (χ1v) is 7.92. The fourth-order valence-electron chi connectivity index (χ4n) is 2.53. The second-order valence-corrected chi connectivity index (χ2v) is 6.93. The topological polar surface area (TPSA) is 92.9 Å². The fraction of sp³-hybridized carbons (Fsp3) is 0.538. The quantitative estimate of drug-likeness (QED) is 0.797. The van der Waals surface area contributed by atoms with E-state index in [4.69, 9.17) is 10.5 Å². The molecule has 3 N–H and O–H groups in total. The third-order valence-corrected chi connectivity index (χ3v) is 5.75. The van der Waals surface area contributed by atoms with Crippen molar-refractivity contribution in [3.05, 3.63) is 18.2 Å². The van der Waals surface area contributed by atoms with Crippen molar-refractivity contribution in [3.8, 4) is 5.75 Å². The van der Waals surface area contributed by atoms with E-state index in [0.717, 1.165) is 6.42 Å². The number of nitrogens with zero attached hydrogens (tertiary/aromatic N) is 1. The summed E-state index contributed by atoms with van der Waals surface area (Å²) in [6.45, 7) is 2.19. The van der Waals surface area contributed by atoms with Crippen LogP contribution in [0.3, 0.4) is 0 Å². The summed E-state index contributed by atoms with van der Waals surface area (Å²) >= 11 is 0. The first kappa shape index (κ1) is 15.1. The van der Waals surface area contributed by atoms with Gasteiger partial charge in [0.15, 0.2) is 0 Å². The molecule has 0 amide bonds. The Hall–Kier alpha value is -1.31. The second-order valence-electron chi connectivity index (χ2n) is 5.04. The van der Waals surface area contributed by atoms with Crippen LogP contribution in [-0.2, 0) is 10.0 Å². The van der Waals surface area contributed by atoms with Crippen molar-refractivity contribution in [1.29, 1.82) is 0 Å². The number of ether oxygens (including phenoxy) is 1. The number of benzene rings is 1. The Morgan fingerprint density at radius 3 is 2.80 bits per heavy atom. The molecule has 0 aliphatic carbocycles. The molecular formula is C13H20N2O4S. The molecule has 2 unspecified atom stereocenters. The Bertz CT molecular complexity index is 588. The molecule has 6 nitrogen and oxygen atoms in total. The van der Waals surface area contributed by atoms with Crippen LogP contribution in [0.2, 0.25) is 0 Å². The summed E-state index contributed by atoms with van der Waals surface area (Å²) in [4.78, 5) is 0.135. The molecule has 0 spiro atoms. The van der Waals surface area contributed by atoms with E-state index in [1.807, 2.05) is 6.92 Å². The van der Waals surface area contributed by atoms with Crippen LogP contribution in [0.15, 0.2) is 23.1 Å². The standard InChI is InChI=1S/C13H20N2O4S/c1-9-5-6-15(12(9)8-16)20(17,18)10-3-4-11(14)13(7-10)19-2/h3-4,7,9,12,16H,5-6,8,14H2,1-2H3. The lowest BCUT2D eigenvalue weighted by molar-refractivity contribution is 0.191. The van der Waals surface area contributed by atoms with Gasteiger partial charge in [-0.05, 0) is 24.5 Å². The number of aliphatic hydroxyl groups is 1. The van der Waals surface area contributed by atoms with Gasteiger partial charge < -0.3 is 15.6 Å². The third-order valence-electron chi connectivity index (χ3n) is 3.83. The van der Waals surface area contributed by atoms with Gasteiger partial charge in [-0.3, -0.25) is 0 Å². The van der Waals surface area contributed by atoms with Crippen molar-refractivity contribution >= 4 is 15.7 Å². The van der Waals surface area contributed by atoms with Gasteiger partial charge in [0.2, 0.25) is 10.0 Å². The first-order chi connectivity index (χ1) is 9.41. The molecule has 0 saturated carbocycles. The largest absolute Gasteiger partial charge is 0.495 e. The molecule has 1 fully saturated rings. The van der Waals surface area contributed by atoms with Crippen LogP contribution in [0.1, 0.15) is 13.3 Å². The summed E-state index contributed by atoms with van der Waals surface area (Å²) in [5.41, 5.74) is 6.09. The van der Waals surface area contributed by atoms with E-state index < -0.39 is 10.0 Å². The van der Waals surface area contributed by atoms with Gasteiger partial charge in [-0.1, -0.05) is 6.92 Å². The lowest BCUT2D eigenvalue weighted by Crippen LogP contribution is -2.39. The Kier molecular flexibility index (Phi) is 4.22. The SMILES string of the molecule is COc1cc(S(=O)(=O)N2CCC(C)C2CO)ccc1N. The van der Waals surface area contributed by atoms with Crippen molar-refractivity contribution in [3.63, 3.8) is 0 Å². The minimum atomic E-state index is -3.64. The summed E-state index contributed by atoms with van der Waals surface area (Å²) in [5.74, 6) is 0.476. The summed E-state index contributed by atoms with van der Waals surface area (Å²) < 4.78 is 31.7. The molecule has 20 heavy (non-hydrogen) atoms. The molecule has 112 valence electrons. The maximum absolute atomic E-state index is 12.6. The first-order valence-electron chi connectivity index (χ1n) is 6.48. The number of nitrogen functional groups attached to an aromatic ring is 1. The highest BCUT2D eigenvalue weighted by atomic mass is 32.2. The molecule has 0 aromatic heterocycles. The zero-order valence-corrected chi connectivity index (χ0v) is 12.4. The van der Waals surface area contributed by atoms with E-state index >= 15 is 0 Å². The number of hydrogen-bond acceptors (Lipinski definition) is 5. The molecule has 1 aromatic rings. The molecule has 0 bridgehead atoms. The van der Waals surface area contributed by atoms with Crippen molar-refractivity contribution in [2.45, 2.75) is 24.3 Å². The normalized spacial score (nSPS) is 23.9. The van der Waals surface area contributed by atoms with Crippen LogP contribution in [0, 0.1) is 5.92 Å². The average Bonchev–Trinajstić information content (AvgIpc) is 2.80. The fourth-order valence-corrected chi connectivity index (χ4v) is 4.27. The zero-order valence-electron chi connectivity index (χ0n) is 11.6. The predicted octanol–water partition coefficient (Wildman–Crippen LogP) is 0.669. The number of nitrogens with two attached hydrogens (primary N) is 1. The van der Waals surface area contributed by atoms with Gasteiger partial charge in [0.25, 0.3) is 0 Å². The smallest absolute Gasteiger partial charge is 0.243 e. The van der Waals surface area contributed by atoms with E-state index in [1.165, 1.54) is 29.6 Å². The number of aliphatic hydroxyl groups excluding tert-OH is 1. The van der Waals surface area contributed by atoms with Crippen LogP contribution in [0.5, 0.6) is 5.75 Å². The Morgan fingerprint density at radius 2 is 2.20 bits per heavy atom. The summed E-state index contributed by atoms with van der Waals surface area (Å²) in [5, 5.41) is 9.41. The van der Waals surface area contributed by atoms with E-state index in [-0.39, 0.29) is 23.5 Å². The molecule has 1 saturated heterocycles. The highest BCUT2D eigenvalue weighted by Crippen LogP contribution is 2.32. The average molecular weight is 300 g/mol. The van der Waals surface area contributed by atoms with E-state index in [0.29, 0.717) is 18.0 Å². The number of hydrogen-bond donors (Lipinski definition) is 2. The number of methoxy groups -OCH3 is 1. The van der Waals surface area contributed by atoms with Crippen molar-refractivity contribution in [1.82, 2.24) is 4.31 Å². The van der Waals surface area contributed by atoms with Gasteiger partial charge in [0, 0.05) is 12.6 Å². The van der Waals surface area contributed by atoms with Crippen molar-refractivity contribution in [2.24, 2.45) is 5.92 Å². The minimum absolute atomic E-state index is 0.135. The summed E-state index contributed by atoms with van der Waals surface area (Å²) in [7, 11) is -2.20. The van der Waals surface area contributed by atoms with Crippen LogP contribution in [-0.4, -0.2) is 44.1 Å². The number of sulfonamides is 1. The Labute approximate surface area is 119 Å². The lowest BCUT2D eigenvalue weighted by Gasteiger charge is -2.24.